The Labute approximate surface area is 147 Å². The van der Waals surface area contributed by atoms with Crippen molar-refractivity contribution in [3.63, 3.8) is 0 Å². The molecule has 24 heavy (non-hydrogen) atoms. The number of benzene rings is 1. The van der Waals surface area contributed by atoms with Crippen molar-refractivity contribution in [3.05, 3.63) is 57.9 Å². The van der Waals surface area contributed by atoms with E-state index in [1.165, 1.54) is 53.0 Å². The van der Waals surface area contributed by atoms with E-state index in [-0.39, 0.29) is 0 Å². The SMILES string of the molecule is Cc1c(CNC2CCN(Cc3cccs3)CC2)[nH]c2ccccc12. The van der Waals surface area contributed by atoms with Crippen LogP contribution in [0, 0.1) is 6.92 Å². The van der Waals surface area contributed by atoms with E-state index in [0.717, 1.165) is 13.1 Å². The van der Waals surface area contributed by atoms with Crippen molar-refractivity contribution in [1.29, 1.82) is 0 Å². The molecule has 0 radical (unpaired) electrons. The number of likely N-dealkylation sites (tertiary alicyclic amines) is 1. The molecule has 3 nitrogen and oxygen atoms in total. The third-order valence-corrected chi connectivity index (χ3v) is 6.05. The third kappa shape index (κ3) is 3.41. The Hall–Kier alpha value is -1.62. The van der Waals surface area contributed by atoms with E-state index in [1.54, 1.807) is 0 Å². The topological polar surface area (TPSA) is 31.1 Å². The first-order chi connectivity index (χ1) is 11.8. The number of piperidine rings is 1. The zero-order valence-corrected chi connectivity index (χ0v) is 15.0. The van der Waals surface area contributed by atoms with Crippen LogP contribution in [0.25, 0.3) is 10.9 Å². The van der Waals surface area contributed by atoms with Gasteiger partial charge in [-0.2, -0.15) is 0 Å². The summed E-state index contributed by atoms with van der Waals surface area (Å²) >= 11 is 1.87. The van der Waals surface area contributed by atoms with Crippen molar-refractivity contribution >= 4 is 22.2 Å². The van der Waals surface area contributed by atoms with Gasteiger partial charge >= 0.3 is 0 Å². The summed E-state index contributed by atoms with van der Waals surface area (Å²) in [6.45, 7) is 6.67. The van der Waals surface area contributed by atoms with E-state index in [4.69, 9.17) is 0 Å². The largest absolute Gasteiger partial charge is 0.357 e. The number of hydrogen-bond acceptors (Lipinski definition) is 3. The number of H-pyrrole nitrogens is 1. The Morgan fingerprint density at radius 3 is 2.75 bits per heavy atom. The molecular weight excluding hydrogens is 314 g/mol. The Kier molecular flexibility index (Phi) is 4.69. The molecule has 1 saturated heterocycles. The summed E-state index contributed by atoms with van der Waals surface area (Å²) in [4.78, 5) is 7.63. The van der Waals surface area contributed by atoms with Gasteiger partial charge in [0, 0.05) is 40.6 Å². The molecule has 2 N–H and O–H groups in total. The third-order valence-electron chi connectivity index (χ3n) is 5.18. The van der Waals surface area contributed by atoms with Crippen LogP contribution < -0.4 is 5.32 Å². The molecule has 0 unspecified atom stereocenters. The second-order valence-corrected chi connectivity index (χ2v) is 7.82. The molecule has 1 aliphatic heterocycles. The highest BCUT2D eigenvalue weighted by molar-refractivity contribution is 7.09. The molecule has 3 aromatic rings. The second kappa shape index (κ2) is 7.09. The molecule has 1 aromatic carbocycles. The number of fused-ring (bicyclic) bond motifs is 1. The van der Waals surface area contributed by atoms with Crippen LogP contribution >= 0.6 is 11.3 Å². The van der Waals surface area contributed by atoms with Crippen LogP contribution in [0.2, 0.25) is 0 Å². The number of para-hydroxylation sites is 1. The zero-order chi connectivity index (χ0) is 16.4. The van der Waals surface area contributed by atoms with Gasteiger partial charge in [0.05, 0.1) is 0 Å². The summed E-state index contributed by atoms with van der Waals surface area (Å²) in [6, 6.07) is 13.6. The molecule has 0 aliphatic carbocycles. The van der Waals surface area contributed by atoms with E-state index in [0.29, 0.717) is 6.04 Å². The Morgan fingerprint density at radius 1 is 1.17 bits per heavy atom. The number of aryl methyl sites for hydroxylation is 1. The van der Waals surface area contributed by atoms with Crippen molar-refractivity contribution in [2.75, 3.05) is 13.1 Å². The molecule has 3 heterocycles. The smallest absolute Gasteiger partial charge is 0.0459 e. The zero-order valence-electron chi connectivity index (χ0n) is 14.2. The minimum absolute atomic E-state index is 0.635. The highest BCUT2D eigenvalue weighted by Crippen LogP contribution is 2.22. The number of nitrogens with one attached hydrogen (secondary N) is 2. The molecule has 126 valence electrons. The number of thiophene rings is 1. The normalized spacial score (nSPS) is 16.9. The summed E-state index contributed by atoms with van der Waals surface area (Å²) < 4.78 is 0. The van der Waals surface area contributed by atoms with Crippen molar-refractivity contribution in [2.45, 2.75) is 38.9 Å². The van der Waals surface area contributed by atoms with Crippen molar-refractivity contribution in [3.8, 4) is 0 Å². The monoisotopic (exact) mass is 339 g/mol. The van der Waals surface area contributed by atoms with Gasteiger partial charge in [0.15, 0.2) is 0 Å². The van der Waals surface area contributed by atoms with Gasteiger partial charge in [-0.1, -0.05) is 24.3 Å². The molecule has 0 bridgehead atoms. The summed E-state index contributed by atoms with van der Waals surface area (Å²) in [5, 5.41) is 7.28. The minimum Gasteiger partial charge on any atom is -0.357 e. The first kappa shape index (κ1) is 15.9. The average molecular weight is 340 g/mol. The van der Waals surface area contributed by atoms with Gasteiger partial charge in [-0.25, -0.2) is 0 Å². The second-order valence-electron chi connectivity index (χ2n) is 6.78. The molecule has 0 atom stereocenters. The maximum Gasteiger partial charge on any atom is 0.0459 e. The Balaban J connectivity index is 1.30. The molecule has 4 heteroatoms. The highest BCUT2D eigenvalue weighted by Gasteiger charge is 2.19. The van der Waals surface area contributed by atoms with Gasteiger partial charge in [-0.05, 0) is 55.9 Å². The Morgan fingerprint density at radius 2 is 2.00 bits per heavy atom. The lowest BCUT2D eigenvalue weighted by Crippen LogP contribution is -2.41. The van der Waals surface area contributed by atoms with Crippen LogP contribution in [-0.2, 0) is 13.1 Å². The maximum atomic E-state index is 3.76. The van der Waals surface area contributed by atoms with Crippen LogP contribution in [0.5, 0.6) is 0 Å². The van der Waals surface area contributed by atoms with Gasteiger partial charge < -0.3 is 10.3 Å². The number of aromatic nitrogens is 1. The summed E-state index contributed by atoms with van der Waals surface area (Å²) in [6.07, 6.45) is 2.48. The molecule has 0 spiro atoms. The van der Waals surface area contributed by atoms with Gasteiger partial charge in [0.1, 0.15) is 0 Å². The van der Waals surface area contributed by atoms with Crippen LogP contribution in [0.4, 0.5) is 0 Å². The molecule has 2 aromatic heterocycles. The van der Waals surface area contributed by atoms with Crippen molar-refractivity contribution in [2.24, 2.45) is 0 Å². The number of hydrogen-bond donors (Lipinski definition) is 2. The molecule has 1 fully saturated rings. The average Bonchev–Trinajstić information content (AvgIpc) is 3.23. The first-order valence-corrected chi connectivity index (χ1v) is 9.72. The van der Waals surface area contributed by atoms with Gasteiger partial charge in [-0.15, -0.1) is 11.3 Å². The molecule has 4 rings (SSSR count). The van der Waals surface area contributed by atoms with E-state index in [1.807, 2.05) is 11.3 Å². The van der Waals surface area contributed by atoms with Gasteiger partial charge in [-0.3, -0.25) is 4.90 Å². The highest BCUT2D eigenvalue weighted by atomic mass is 32.1. The van der Waals surface area contributed by atoms with E-state index >= 15 is 0 Å². The van der Waals surface area contributed by atoms with E-state index in [9.17, 15) is 0 Å². The van der Waals surface area contributed by atoms with Crippen LogP contribution in [0.1, 0.15) is 29.0 Å². The Bertz CT molecular complexity index is 782. The summed E-state index contributed by atoms with van der Waals surface area (Å²) in [5.41, 5.74) is 3.96. The van der Waals surface area contributed by atoms with Crippen LogP contribution in [0.15, 0.2) is 41.8 Å². The number of nitrogens with zero attached hydrogens (tertiary/aromatic N) is 1. The predicted octanol–water partition coefficient (Wildman–Crippen LogP) is 4.29. The molecular formula is C20H25N3S. The standard InChI is InChI=1S/C20H25N3S/c1-15-18-6-2-3-7-19(18)22-20(15)13-21-16-8-10-23(11-9-16)14-17-5-4-12-24-17/h2-7,12,16,21-22H,8-11,13-14H2,1H3. The molecule has 0 saturated carbocycles. The number of aromatic amines is 1. The van der Waals surface area contributed by atoms with Crippen LogP contribution in [0.3, 0.4) is 0 Å². The number of rotatable bonds is 5. The van der Waals surface area contributed by atoms with Crippen molar-refractivity contribution < 1.29 is 0 Å². The minimum atomic E-state index is 0.635. The lowest BCUT2D eigenvalue weighted by Gasteiger charge is -2.32. The fourth-order valence-electron chi connectivity index (χ4n) is 3.68. The van der Waals surface area contributed by atoms with E-state index < -0.39 is 0 Å². The first-order valence-electron chi connectivity index (χ1n) is 8.84. The molecule has 0 amide bonds. The lowest BCUT2D eigenvalue weighted by molar-refractivity contribution is 0.191. The van der Waals surface area contributed by atoms with Gasteiger partial charge in [0.2, 0.25) is 0 Å². The fourth-order valence-corrected chi connectivity index (χ4v) is 4.43. The van der Waals surface area contributed by atoms with Gasteiger partial charge in [0.25, 0.3) is 0 Å². The predicted molar refractivity (Wildman–Crippen MR) is 102 cm³/mol. The van der Waals surface area contributed by atoms with E-state index in [2.05, 4.69) is 63.9 Å². The lowest BCUT2D eigenvalue weighted by atomic mass is 10.0. The molecule has 1 aliphatic rings. The quantitative estimate of drug-likeness (QED) is 0.726. The fraction of sp³-hybridized carbons (Fsp3) is 0.400. The summed E-state index contributed by atoms with van der Waals surface area (Å²) in [5.74, 6) is 0. The summed E-state index contributed by atoms with van der Waals surface area (Å²) in [7, 11) is 0. The maximum absolute atomic E-state index is 3.76. The van der Waals surface area contributed by atoms with Crippen molar-refractivity contribution in [1.82, 2.24) is 15.2 Å². The van der Waals surface area contributed by atoms with Crippen LogP contribution in [-0.4, -0.2) is 29.0 Å².